The van der Waals surface area contributed by atoms with E-state index < -0.39 is 0 Å². The summed E-state index contributed by atoms with van der Waals surface area (Å²) in [5.41, 5.74) is 0.950. The molecule has 90 valence electrons. The molecule has 0 aliphatic carbocycles. The number of hydrogen-bond acceptors (Lipinski definition) is 6. The van der Waals surface area contributed by atoms with Crippen molar-refractivity contribution in [3.05, 3.63) is 34.2 Å². The molecule has 0 amide bonds. The van der Waals surface area contributed by atoms with Gasteiger partial charge >= 0.3 is 0 Å². The summed E-state index contributed by atoms with van der Waals surface area (Å²) in [4.78, 5) is 13.0. The molecule has 0 atom stereocenters. The molecular formula is C11H14N4OS. The zero-order valence-electron chi connectivity index (χ0n) is 9.80. The monoisotopic (exact) mass is 250 g/mol. The average molecular weight is 250 g/mol. The Morgan fingerprint density at radius 1 is 1.41 bits per heavy atom. The molecule has 2 aromatic rings. The maximum absolute atomic E-state index is 5.05. The Labute approximate surface area is 104 Å². The molecule has 0 aromatic carbocycles. The highest BCUT2D eigenvalue weighted by Gasteiger charge is 2.06. The third-order valence-electron chi connectivity index (χ3n) is 2.17. The maximum atomic E-state index is 5.05. The van der Waals surface area contributed by atoms with Gasteiger partial charge in [-0.05, 0) is 0 Å². The van der Waals surface area contributed by atoms with Crippen molar-refractivity contribution in [2.24, 2.45) is 0 Å². The molecule has 6 heteroatoms. The summed E-state index contributed by atoms with van der Waals surface area (Å²) in [6.07, 6.45) is 2.53. The lowest BCUT2D eigenvalue weighted by molar-refractivity contribution is 0.177. The number of aromatic nitrogens is 3. The van der Waals surface area contributed by atoms with E-state index in [-0.39, 0.29) is 0 Å². The fourth-order valence-corrected chi connectivity index (χ4v) is 2.09. The molecule has 2 heterocycles. The molecular weight excluding hydrogens is 236 g/mol. The lowest BCUT2D eigenvalue weighted by Gasteiger charge is -2.06. The number of methoxy groups -OCH3 is 1. The SMILES string of the molecule is CNc1cc(Cc2nccs2)nc(COC)n1. The molecule has 0 saturated heterocycles. The third kappa shape index (κ3) is 3.21. The fraction of sp³-hybridized carbons (Fsp3) is 0.364. The number of nitrogens with zero attached hydrogens (tertiary/aromatic N) is 3. The normalized spacial score (nSPS) is 10.5. The Bertz CT molecular complexity index is 472. The second-order valence-electron chi connectivity index (χ2n) is 3.45. The number of nitrogens with one attached hydrogen (secondary N) is 1. The fourth-order valence-electron chi connectivity index (χ4n) is 1.46. The largest absolute Gasteiger partial charge is 0.377 e. The standard InChI is InChI=1S/C11H14N4OS/c1-12-9-5-8(6-11-13-3-4-17-11)14-10(15-9)7-16-2/h3-5H,6-7H2,1-2H3,(H,12,14,15). The minimum atomic E-state index is 0.417. The molecule has 1 N–H and O–H groups in total. The van der Waals surface area contributed by atoms with Crippen LogP contribution in [0.3, 0.4) is 0 Å². The zero-order chi connectivity index (χ0) is 12.1. The van der Waals surface area contributed by atoms with E-state index in [1.807, 2.05) is 18.5 Å². The van der Waals surface area contributed by atoms with Gasteiger partial charge in [0.05, 0.1) is 10.7 Å². The number of rotatable bonds is 5. The zero-order valence-corrected chi connectivity index (χ0v) is 10.6. The van der Waals surface area contributed by atoms with Gasteiger partial charge in [0.25, 0.3) is 0 Å². The van der Waals surface area contributed by atoms with Crippen LogP contribution in [-0.4, -0.2) is 29.1 Å². The number of anilines is 1. The lowest BCUT2D eigenvalue weighted by Crippen LogP contribution is -2.05. The summed E-state index contributed by atoms with van der Waals surface area (Å²) in [6.45, 7) is 0.417. The number of ether oxygens (including phenoxy) is 1. The molecule has 0 saturated carbocycles. The van der Waals surface area contributed by atoms with Crippen LogP contribution in [0.25, 0.3) is 0 Å². The molecule has 0 bridgehead atoms. The van der Waals surface area contributed by atoms with Crippen LogP contribution in [0.2, 0.25) is 0 Å². The van der Waals surface area contributed by atoms with Crippen molar-refractivity contribution in [3.63, 3.8) is 0 Å². The van der Waals surface area contributed by atoms with E-state index in [0.29, 0.717) is 12.4 Å². The van der Waals surface area contributed by atoms with Crippen LogP contribution in [0.4, 0.5) is 5.82 Å². The summed E-state index contributed by atoms with van der Waals surface area (Å²) in [5.74, 6) is 1.49. The van der Waals surface area contributed by atoms with Crippen molar-refractivity contribution in [2.45, 2.75) is 13.0 Å². The van der Waals surface area contributed by atoms with E-state index in [4.69, 9.17) is 4.74 Å². The minimum Gasteiger partial charge on any atom is -0.377 e. The Kier molecular flexibility index (Phi) is 4.00. The minimum absolute atomic E-state index is 0.417. The second-order valence-corrected chi connectivity index (χ2v) is 4.43. The molecule has 0 unspecified atom stereocenters. The van der Waals surface area contributed by atoms with Crippen molar-refractivity contribution in [1.29, 1.82) is 0 Å². The van der Waals surface area contributed by atoms with Gasteiger partial charge in [0.15, 0.2) is 5.82 Å². The molecule has 0 radical (unpaired) electrons. The molecule has 0 aliphatic heterocycles. The summed E-state index contributed by atoms with van der Waals surface area (Å²) in [5, 5.41) is 6.04. The van der Waals surface area contributed by atoms with Crippen LogP contribution in [0.5, 0.6) is 0 Å². The highest BCUT2D eigenvalue weighted by molar-refractivity contribution is 7.09. The molecule has 17 heavy (non-hydrogen) atoms. The van der Waals surface area contributed by atoms with E-state index >= 15 is 0 Å². The Morgan fingerprint density at radius 2 is 2.29 bits per heavy atom. The van der Waals surface area contributed by atoms with Gasteiger partial charge in [0.1, 0.15) is 12.4 Å². The molecule has 2 rings (SSSR count). The van der Waals surface area contributed by atoms with E-state index in [9.17, 15) is 0 Å². The van der Waals surface area contributed by atoms with Gasteiger partial charge in [-0.2, -0.15) is 0 Å². The van der Waals surface area contributed by atoms with E-state index in [1.54, 1.807) is 24.6 Å². The molecule has 2 aromatic heterocycles. The van der Waals surface area contributed by atoms with Gasteiger partial charge in [-0.3, -0.25) is 0 Å². The number of hydrogen-bond donors (Lipinski definition) is 1. The van der Waals surface area contributed by atoms with Gasteiger partial charge in [-0.25, -0.2) is 15.0 Å². The van der Waals surface area contributed by atoms with Crippen molar-refractivity contribution in [2.75, 3.05) is 19.5 Å². The molecule has 5 nitrogen and oxygen atoms in total. The van der Waals surface area contributed by atoms with Crippen molar-refractivity contribution >= 4 is 17.2 Å². The van der Waals surface area contributed by atoms with Gasteiger partial charge in [0, 0.05) is 38.2 Å². The van der Waals surface area contributed by atoms with Crippen LogP contribution in [0.15, 0.2) is 17.6 Å². The predicted octanol–water partition coefficient (Wildman–Crippen LogP) is 1.71. The van der Waals surface area contributed by atoms with Crippen LogP contribution in [0, 0.1) is 0 Å². The molecule has 0 aliphatic rings. The first-order valence-corrected chi connectivity index (χ1v) is 6.11. The number of thiazole rings is 1. The Morgan fingerprint density at radius 3 is 2.94 bits per heavy atom. The van der Waals surface area contributed by atoms with E-state index in [2.05, 4.69) is 20.3 Å². The first kappa shape index (κ1) is 11.9. The van der Waals surface area contributed by atoms with Gasteiger partial charge in [0.2, 0.25) is 0 Å². The van der Waals surface area contributed by atoms with Crippen LogP contribution in [-0.2, 0) is 17.8 Å². The quantitative estimate of drug-likeness (QED) is 0.875. The molecule has 0 spiro atoms. The topological polar surface area (TPSA) is 59.9 Å². The highest BCUT2D eigenvalue weighted by atomic mass is 32.1. The Hall–Kier alpha value is -1.53. The smallest absolute Gasteiger partial charge is 0.156 e. The summed E-state index contributed by atoms with van der Waals surface area (Å²) < 4.78 is 5.05. The van der Waals surface area contributed by atoms with E-state index in [1.165, 1.54) is 0 Å². The molecule has 0 fully saturated rings. The first-order valence-electron chi connectivity index (χ1n) is 5.23. The highest BCUT2D eigenvalue weighted by Crippen LogP contribution is 2.13. The summed E-state index contributed by atoms with van der Waals surface area (Å²) in [6, 6.07) is 1.93. The summed E-state index contributed by atoms with van der Waals surface area (Å²) >= 11 is 1.63. The first-order chi connectivity index (χ1) is 8.31. The van der Waals surface area contributed by atoms with Crippen LogP contribution >= 0.6 is 11.3 Å². The average Bonchev–Trinajstić information content (AvgIpc) is 2.82. The van der Waals surface area contributed by atoms with E-state index in [0.717, 1.165) is 22.9 Å². The second kappa shape index (κ2) is 5.70. The summed E-state index contributed by atoms with van der Waals surface area (Å²) in [7, 11) is 3.47. The van der Waals surface area contributed by atoms with Gasteiger partial charge < -0.3 is 10.1 Å². The van der Waals surface area contributed by atoms with Crippen molar-refractivity contribution < 1.29 is 4.74 Å². The van der Waals surface area contributed by atoms with Crippen molar-refractivity contribution in [1.82, 2.24) is 15.0 Å². The Balaban J connectivity index is 2.23. The predicted molar refractivity (Wildman–Crippen MR) is 67.2 cm³/mol. The van der Waals surface area contributed by atoms with Gasteiger partial charge in [-0.15, -0.1) is 11.3 Å². The van der Waals surface area contributed by atoms with Crippen LogP contribution < -0.4 is 5.32 Å². The van der Waals surface area contributed by atoms with Crippen molar-refractivity contribution in [3.8, 4) is 0 Å². The van der Waals surface area contributed by atoms with Crippen LogP contribution in [0.1, 0.15) is 16.5 Å². The lowest BCUT2D eigenvalue weighted by atomic mass is 10.3. The maximum Gasteiger partial charge on any atom is 0.156 e. The van der Waals surface area contributed by atoms with Gasteiger partial charge in [-0.1, -0.05) is 0 Å². The third-order valence-corrected chi connectivity index (χ3v) is 2.95.